The highest BCUT2D eigenvalue weighted by molar-refractivity contribution is 5.32. The van der Waals surface area contributed by atoms with E-state index in [9.17, 15) is 0 Å². The second-order valence-corrected chi connectivity index (χ2v) is 3.63. The van der Waals surface area contributed by atoms with E-state index in [2.05, 4.69) is 6.92 Å². The van der Waals surface area contributed by atoms with Gasteiger partial charge in [0.15, 0.2) is 0 Å². The third-order valence-electron chi connectivity index (χ3n) is 2.23. The summed E-state index contributed by atoms with van der Waals surface area (Å²) in [6, 6.07) is 7.87. The number of para-hydroxylation sites is 1. The van der Waals surface area contributed by atoms with E-state index in [1.165, 1.54) is 0 Å². The lowest BCUT2D eigenvalue weighted by Gasteiger charge is -2.10. The van der Waals surface area contributed by atoms with E-state index in [-0.39, 0.29) is 0 Å². The van der Waals surface area contributed by atoms with Gasteiger partial charge in [0.1, 0.15) is 5.75 Å². The van der Waals surface area contributed by atoms with Crippen LogP contribution in [0.25, 0.3) is 0 Å². The molecule has 0 aromatic heterocycles. The first-order valence-corrected chi connectivity index (χ1v) is 5.87. The van der Waals surface area contributed by atoms with Crippen molar-refractivity contribution in [1.29, 1.82) is 0 Å². The van der Waals surface area contributed by atoms with E-state index in [1.54, 1.807) is 0 Å². The standard InChI is InChI=1S/C13H21NO2/c1-2-8-15-9-5-10-16-13-7-4-3-6-12(13)11-14/h3-4,6-7H,2,5,8-11,14H2,1H3. The molecule has 0 radical (unpaired) electrons. The Bertz CT molecular complexity index is 289. The molecule has 0 atom stereocenters. The molecule has 0 saturated heterocycles. The molecule has 0 aliphatic heterocycles. The minimum absolute atomic E-state index is 0.516. The van der Waals surface area contributed by atoms with Gasteiger partial charge in [0, 0.05) is 31.7 Å². The Morgan fingerprint density at radius 2 is 1.94 bits per heavy atom. The number of hydrogen-bond acceptors (Lipinski definition) is 3. The lowest BCUT2D eigenvalue weighted by Crippen LogP contribution is -2.06. The number of hydrogen-bond donors (Lipinski definition) is 1. The molecule has 0 fully saturated rings. The molecular weight excluding hydrogens is 202 g/mol. The second-order valence-electron chi connectivity index (χ2n) is 3.63. The summed E-state index contributed by atoms with van der Waals surface area (Å²) in [5.41, 5.74) is 6.67. The van der Waals surface area contributed by atoms with Gasteiger partial charge in [-0.2, -0.15) is 0 Å². The van der Waals surface area contributed by atoms with E-state index < -0.39 is 0 Å². The normalized spacial score (nSPS) is 10.4. The maximum atomic E-state index is 5.65. The van der Waals surface area contributed by atoms with Crippen molar-refractivity contribution in [1.82, 2.24) is 0 Å². The Hall–Kier alpha value is -1.06. The number of ether oxygens (including phenoxy) is 2. The summed E-state index contributed by atoms with van der Waals surface area (Å²) >= 11 is 0. The van der Waals surface area contributed by atoms with E-state index >= 15 is 0 Å². The van der Waals surface area contributed by atoms with Gasteiger partial charge < -0.3 is 15.2 Å². The predicted molar refractivity (Wildman–Crippen MR) is 65.6 cm³/mol. The third kappa shape index (κ3) is 4.64. The fourth-order valence-electron chi connectivity index (χ4n) is 1.40. The predicted octanol–water partition coefficient (Wildman–Crippen LogP) is 2.34. The molecule has 0 heterocycles. The van der Waals surface area contributed by atoms with Gasteiger partial charge in [0.05, 0.1) is 6.61 Å². The van der Waals surface area contributed by atoms with Crippen LogP contribution in [-0.4, -0.2) is 19.8 Å². The second kappa shape index (κ2) is 8.13. The van der Waals surface area contributed by atoms with Gasteiger partial charge in [-0.25, -0.2) is 0 Å². The third-order valence-corrected chi connectivity index (χ3v) is 2.23. The lowest BCUT2D eigenvalue weighted by molar-refractivity contribution is 0.120. The molecule has 0 unspecified atom stereocenters. The minimum atomic E-state index is 0.516. The van der Waals surface area contributed by atoms with Crippen LogP contribution < -0.4 is 10.5 Å². The molecule has 1 aromatic carbocycles. The molecule has 0 aliphatic carbocycles. The Kier molecular flexibility index (Phi) is 6.61. The fraction of sp³-hybridized carbons (Fsp3) is 0.538. The Morgan fingerprint density at radius 3 is 2.69 bits per heavy atom. The zero-order valence-corrected chi connectivity index (χ0v) is 9.95. The van der Waals surface area contributed by atoms with Crippen LogP contribution in [0.1, 0.15) is 25.3 Å². The summed E-state index contributed by atoms with van der Waals surface area (Å²) < 4.78 is 11.0. The average Bonchev–Trinajstić information content (AvgIpc) is 2.34. The van der Waals surface area contributed by atoms with Crippen LogP contribution in [0, 0.1) is 0 Å². The quantitative estimate of drug-likeness (QED) is 0.688. The highest BCUT2D eigenvalue weighted by atomic mass is 16.5. The summed E-state index contributed by atoms with van der Waals surface area (Å²) in [6.45, 7) is 4.90. The van der Waals surface area contributed by atoms with Crippen molar-refractivity contribution in [3.8, 4) is 5.75 Å². The van der Waals surface area contributed by atoms with Crippen molar-refractivity contribution >= 4 is 0 Å². The molecular formula is C13H21NO2. The summed E-state index contributed by atoms with van der Waals surface area (Å²) in [5.74, 6) is 0.889. The van der Waals surface area contributed by atoms with Crippen molar-refractivity contribution in [3.05, 3.63) is 29.8 Å². The lowest BCUT2D eigenvalue weighted by atomic mass is 10.2. The Labute approximate surface area is 97.6 Å². The Balaban J connectivity index is 2.21. The van der Waals surface area contributed by atoms with Gasteiger partial charge in [0.2, 0.25) is 0 Å². The van der Waals surface area contributed by atoms with E-state index in [4.69, 9.17) is 15.2 Å². The first kappa shape index (κ1) is 13.0. The van der Waals surface area contributed by atoms with Crippen molar-refractivity contribution in [2.45, 2.75) is 26.3 Å². The molecule has 0 amide bonds. The van der Waals surface area contributed by atoms with E-state index in [0.29, 0.717) is 13.2 Å². The maximum Gasteiger partial charge on any atom is 0.123 e. The fourth-order valence-corrected chi connectivity index (χ4v) is 1.40. The van der Waals surface area contributed by atoms with E-state index in [0.717, 1.165) is 37.4 Å². The molecule has 3 heteroatoms. The maximum absolute atomic E-state index is 5.65. The van der Waals surface area contributed by atoms with Gasteiger partial charge >= 0.3 is 0 Å². The first-order valence-electron chi connectivity index (χ1n) is 5.87. The first-order chi connectivity index (χ1) is 7.88. The van der Waals surface area contributed by atoms with Crippen LogP contribution >= 0.6 is 0 Å². The molecule has 3 nitrogen and oxygen atoms in total. The topological polar surface area (TPSA) is 44.5 Å². The zero-order valence-electron chi connectivity index (χ0n) is 9.95. The highest BCUT2D eigenvalue weighted by Crippen LogP contribution is 2.16. The van der Waals surface area contributed by atoms with Crippen LogP contribution in [0.2, 0.25) is 0 Å². The van der Waals surface area contributed by atoms with Crippen molar-refractivity contribution < 1.29 is 9.47 Å². The van der Waals surface area contributed by atoms with E-state index in [1.807, 2.05) is 24.3 Å². The van der Waals surface area contributed by atoms with Crippen LogP contribution in [0.4, 0.5) is 0 Å². The highest BCUT2D eigenvalue weighted by Gasteiger charge is 1.99. The van der Waals surface area contributed by atoms with Crippen molar-refractivity contribution in [2.24, 2.45) is 5.73 Å². The number of rotatable bonds is 8. The molecule has 0 aliphatic rings. The van der Waals surface area contributed by atoms with Crippen LogP contribution in [0.5, 0.6) is 5.75 Å². The van der Waals surface area contributed by atoms with Crippen LogP contribution in [0.3, 0.4) is 0 Å². The molecule has 0 bridgehead atoms. The molecule has 2 N–H and O–H groups in total. The summed E-state index contributed by atoms with van der Waals surface area (Å²) in [4.78, 5) is 0. The van der Waals surface area contributed by atoms with Crippen LogP contribution in [-0.2, 0) is 11.3 Å². The summed E-state index contributed by atoms with van der Waals surface area (Å²) in [7, 11) is 0. The van der Waals surface area contributed by atoms with Gasteiger partial charge in [-0.3, -0.25) is 0 Å². The molecule has 90 valence electrons. The largest absolute Gasteiger partial charge is 0.493 e. The van der Waals surface area contributed by atoms with Gasteiger partial charge in [-0.15, -0.1) is 0 Å². The molecule has 0 saturated carbocycles. The van der Waals surface area contributed by atoms with Crippen molar-refractivity contribution in [2.75, 3.05) is 19.8 Å². The van der Waals surface area contributed by atoms with Crippen molar-refractivity contribution in [3.63, 3.8) is 0 Å². The molecule has 1 aromatic rings. The average molecular weight is 223 g/mol. The molecule has 1 rings (SSSR count). The monoisotopic (exact) mass is 223 g/mol. The molecule has 16 heavy (non-hydrogen) atoms. The number of nitrogens with two attached hydrogens (primary N) is 1. The van der Waals surface area contributed by atoms with Gasteiger partial charge in [-0.05, 0) is 12.5 Å². The number of benzene rings is 1. The smallest absolute Gasteiger partial charge is 0.123 e. The zero-order chi connectivity index (χ0) is 11.6. The molecule has 0 spiro atoms. The Morgan fingerprint density at radius 1 is 1.12 bits per heavy atom. The minimum Gasteiger partial charge on any atom is -0.493 e. The summed E-state index contributed by atoms with van der Waals surface area (Å²) in [6.07, 6.45) is 1.98. The SMILES string of the molecule is CCCOCCCOc1ccccc1CN. The van der Waals surface area contributed by atoms with Gasteiger partial charge in [-0.1, -0.05) is 25.1 Å². The van der Waals surface area contributed by atoms with Crippen LogP contribution in [0.15, 0.2) is 24.3 Å². The summed E-state index contributed by atoms with van der Waals surface area (Å²) in [5, 5.41) is 0. The van der Waals surface area contributed by atoms with Gasteiger partial charge in [0.25, 0.3) is 0 Å².